The Balaban J connectivity index is 1.82. The van der Waals surface area contributed by atoms with E-state index in [1.54, 1.807) is 6.92 Å². The Hall–Kier alpha value is -3.50. The summed E-state index contributed by atoms with van der Waals surface area (Å²) in [6, 6.07) is 3.66. The number of anilines is 3. The highest BCUT2D eigenvalue weighted by molar-refractivity contribution is 7.90. The van der Waals surface area contributed by atoms with E-state index in [1.165, 1.54) is 13.1 Å². The van der Waals surface area contributed by atoms with E-state index in [1.807, 2.05) is 0 Å². The van der Waals surface area contributed by atoms with Crippen LogP contribution in [0.3, 0.4) is 0 Å². The number of benzene rings is 2. The van der Waals surface area contributed by atoms with E-state index >= 15 is 4.39 Å². The van der Waals surface area contributed by atoms with Crippen molar-refractivity contribution in [2.45, 2.75) is 25.9 Å². The van der Waals surface area contributed by atoms with Crippen LogP contribution in [0.25, 0.3) is 10.9 Å². The lowest BCUT2D eigenvalue weighted by molar-refractivity contribution is -0.199. The zero-order chi connectivity index (χ0) is 29.6. The van der Waals surface area contributed by atoms with E-state index in [4.69, 9.17) is 11.6 Å². The first-order valence-corrected chi connectivity index (χ1v) is 13.4. The van der Waals surface area contributed by atoms with Crippen LogP contribution in [0.2, 0.25) is 5.02 Å². The molecule has 3 aromatic rings. The van der Waals surface area contributed by atoms with E-state index in [9.17, 15) is 35.6 Å². The highest BCUT2D eigenvalue weighted by Gasteiger charge is 2.47. The Bertz CT molecular complexity index is 1650. The number of hydrogen-bond donors (Lipinski definition) is 1. The van der Waals surface area contributed by atoms with Crippen molar-refractivity contribution in [2.75, 3.05) is 22.9 Å². The van der Waals surface area contributed by atoms with E-state index in [0.717, 1.165) is 21.3 Å². The lowest BCUT2D eigenvalue weighted by atomic mass is 10.1. The lowest BCUT2D eigenvalue weighted by Gasteiger charge is -2.28. The van der Waals surface area contributed by atoms with Gasteiger partial charge in [-0.15, -0.1) is 0 Å². The van der Waals surface area contributed by atoms with Crippen LogP contribution in [-0.4, -0.2) is 47.5 Å². The summed E-state index contributed by atoms with van der Waals surface area (Å²) in [6.45, 7) is 1.64. The van der Waals surface area contributed by atoms with Crippen LogP contribution < -0.4 is 15.3 Å². The molecule has 0 amide bonds. The third-order valence-corrected chi connectivity index (χ3v) is 8.37. The lowest BCUT2D eigenvalue weighted by Crippen LogP contribution is -2.46. The zero-order valence-corrected chi connectivity index (χ0v) is 22.4. The predicted molar refractivity (Wildman–Crippen MR) is 135 cm³/mol. The van der Waals surface area contributed by atoms with Gasteiger partial charge in [0.2, 0.25) is 0 Å². The number of carbonyl (C=O) groups excluding carboxylic acids is 1. The average Bonchev–Trinajstić information content (AvgIpc) is 3.38. The monoisotopic (exact) mass is 609 g/mol. The standard InChI is InChI=1S/C23H21ClF5N5O5S/c1-3-12-8-9-33(10-12)40(37,38)34(39-22(36)23(27,28)29)16-7-4-13(25)20(18(16)24)31-15-6-5-14-17(19(15)26)21(35)32(2)11-30-14/h4-7,11-12,31H,3,8-10H2,1-2H3/t12-/m1/s1. The summed E-state index contributed by atoms with van der Waals surface area (Å²) in [4.78, 5) is 32.3. The molecule has 1 N–H and O–H groups in total. The van der Waals surface area contributed by atoms with E-state index in [-0.39, 0.29) is 29.0 Å². The maximum absolute atomic E-state index is 15.3. The number of rotatable bonds is 7. The predicted octanol–water partition coefficient (Wildman–Crippen LogP) is 4.41. The Kier molecular flexibility index (Phi) is 7.97. The first kappa shape index (κ1) is 29.5. The molecule has 2 heterocycles. The van der Waals surface area contributed by atoms with E-state index in [2.05, 4.69) is 15.1 Å². The molecular weight excluding hydrogens is 589 g/mol. The van der Waals surface area contributed by atoms with Gasteiger partial charge in [0, 0.05) is 20.1 Å². The van der Waals surface area contributed by atoms with Gasteiger partial charge < -0.3 is 14.7 Å². The Morgan fingerprint density at radius 2 is 1.95 bits per heavy atom. The maximum atomic E-state index is 15.3. The van der Waals surface area contributed by atoms with Crippen molar-refractivity contribution in [3.05, 3.63) is 57.6 Å². The minimum atomic E-state index is -5.59. The van der Waals surface area contributed by atoms with Crippen molar-refractivity contribution in [2.24, 2.45) is 13.0 Å². The maximum Gasteiger partial charge on any atom is 0.493 e. The SMILES string of the molecule is CC[C@@H]1CCN(S(=O)(=O)N(OC(=O)C(F)(F)F)c2ccc(F)c(Nc3ccc4ncn(C)c(=O)c4c3F)c2Cl)C1. The van der Waals surface area contributed by atoms with Gasteiger partial charge in [0.05, 0.1) is 28.2 Å². The Labute approximate surface area is 229 Å². The average molecular weight is 610 g/mol. The minimum absolute atomic E-state index is 0.0150. The molecule has 1 atom stereocenters. The molecule has 0 aliphatic carbocycles. The largest absolute Gasteiger partial charge is 0.493 e. The second-order valence-electron chi connectivity index (χ2n) is 8.89. The molecule has 1 aromatic heterocycles. The molecule has 0 bridgehead atoms. The van der Waals surface area contributed by atoms with E-state index in [0.29, 0.717) is 25.0 Å². The normalized spacial score (nSPS) is 16.4. The minimum Gasteiger partial charge on any atom is -0.349 e. The summed E-state index contributed by atoms with van der Waals surface area (Å²) in [6.07, 6.45) is -3.45. The highest BCUT2D eigenvalue weighted by Crippen LogP contribution is 2.40. The second-order valence-corrected chi connectivity index (χ2v) is 11.0. The van der Waals surface area contributed by atoms with Crippen LogP contribution in [0.15, 0.2) is 35.4 Å². The number of nitrogens with one attached hydrogen (secondary N) is 1. The number of aromatic nitrogens is 2. The van der Waals surface area contributed by atoms with Crippen LogP contribution in [0, 0.1) is 17.6 Å². The summed E-state index contributed by atoms with van der Waals surface area (Å²) in [5, 5.41) is 0.997. The molecule has 2 aromatic carbocycles. The second kappa shape index (κ2) is 10.8. The van der Waals surface area contributed by atoms with Crippen LogP contribution in [0.1, 0.15) is 19.8 Å². The molecule has 17 heteroatoms. The topological polar surface area (TPSA) is 114 Å². The fraction of sp³-hybridized carbons (Fsp3) is 0.348. The van der Waals surface area contributed by atoms with Gasteiger partial charge in [-0.3, -0.25) is 4.79 Å². The molecule has 216 valence electrons. The van der Waals surface area contributed by atoms with Gasteiger partial charge in [-0.25, -0.2) is 18.6 Å². The van der Waals surface area contributed by atoms with Crippen molar-refractivity contribution >= 4 is 55.7 Å². The van der Waals surface area contributed by atoms with Gasteiger partial charge in [0.15, 0.2) is 5.82 Å². The van der Waals surface area contributed by atoms with Gasteiger partial charge in [-0.05, 0) is 36.6 Å². The van der Waals surface area contributed by atoms with Crippen molar-refractivity contribution in [3.8, 4) is 0 Å². The molecule has 10 nitrogen and oxygen atoms in total. The summed E-state index contributed by atoms with van der Waals surface area (Å²) in [5.41, 5.74) is -2.89. The third kappa shape index (κ3) is 5.42. The number of aryl methyl sites for hydroxylation is 1. The molecule has 4 rings (SSSR count). The molecule has 0 radical (unpaired) electrons. The summed E-state index contributed by atoms with van der Waals surface area (Å²) < 4.78 is 97.7. The smallest absolute Gasteiger partial charge is 0.349 e. The number of halogens is 6. The van der Waals surface area contributed by atoms with Gasteiger partial charge in [-0.2, -0.15) is 25.9 Å². The van der Waals surface area contributed by atoms with Crippen molar-refractivity contribution in [1.82, 2.24) is 13.9 Å². The number of alkyl halides is 3. The number of nitrogens with zero attached hydrogens (tertiary/aromatic N) is 4. The molecule has 0 spiro atoms. The van der Waals surface area contributed by atoms with Crippen LogP contribution in [0.4, 0.5) is 39.0 Å². The van der Waals surface area contributed by atoms with Gasteiger partial charge in [-0.1, -0.05) is 29.4 Å². The molecular formula is C23H21ClF5N5O5S. The van der Waals surface area contributed by atoms with Crippen molar-refractivity contribution in [3.63, 3.8) is 0 Å². The van der Waals surface area contributed by atoms with E-state index < -0.39 is 67.0 Å². The molecule has 1 aliphatic heterocycles. The van der Waals surface area contributed by atoms with Gasteiger partial charge in [0.1, 0.15) is 16.9 Å². The zero-order valence-electron chi connectivity index (χ0n) is 20.8. The molecule has 1 saturated heterocycles. The molecule has 0 unspecified atom stereocenters. The van der Waals surface area contributed by atoms with Gasteiger partial charge in [0.25, 0.3) is 5.56 Å². The fourth-order valence-corrected chi connectivity index (χ4v) is 5.91. The molecule has 1 aliphatic rings. The fourth-order valence-electron chi connectivity index (χ4n) is 4.08. The highest BCUT2D eigenvalue weighted by atomic mass is 35.5. The summed E-state index contributed by atoms with van der Waals surface area (Å²) in [5.74, 6) is -5.29. The first-order valence-electron chi connectivity index (χ1n) is 11.6. The van der Waals surface area contributed by atoms with Crippen molar-refractivity contribution < 1.29 is 40.0 Å². The quantitative estimate of drug-likeness (QED) is 0.312. The van der Waals surface area contributed by atoms with Crippen molar-refractivity contribution in [1.29, 1.82) is 0 Å². The van der Waals surface area contributed by atoms with Gasteiger partial charge >= 0.3 is 22.4 Å². The third-order valence-electron chi connectivity index (χ3n) is 6.31. The number of fused-ring (bicyclic) bond motifs is 1. The Morgan fingerprint density at radius 1 is 1.25 bits per heavy atom. The first-order chi connectivity index (χ1) is 18.7. The summed E-state index contributed by atoms with van der Waals surface area (Å²) >= 11 is 6.25. The Morgan fingerprint density at radius 3 is 2.58 bits per heavy atom. The summed E-state index contributed by atoms with van der Waals surface area (Å²) in [7, 11) is -3.63. The van der Waals surface area contributed by atoms with Crippen LogP contribution in [0.5, 0.6) is 0 Å². The van der Waals surface area contributed by atoms with Crippen LogP contribution >= 0.6 is 11.6 Å². The number of hydrogen-bond acceptors (Lipinski definition) is 7. The molecule has 40 heavy (non-hydrogen) atoms. The van der Waals surface area contributed by atoms with Crippen LogP contribution in [-0.2, 0) is 26.9 Å². The molecule has 0 saturated carbocycles. The number of carbonyl (C=O) groups is 1. The molecule has 1 fully saturated rings.